The fourth-order valence-corrected chi connectivity index (χ4v) is 3.10. The summed E-state index contributed by atoms with van der Waals surface area (Å²) in [6.45, 7) is 3.18. The van der Waals surface area contributed by atoms with Crippen LogP contribution in [0.2, 0.25) is 0 Å². The average molecular weight is 415 g/mol. The number of nitro groups is 1. The minimum atomic E-state index is -4.33. The molecule has 1 aromatic carbocycles. The van der Waals surface area contributed by atoms with Gasteiger partial charge in [0.15, 0.2) is 5.78 Å². The predicted octanol–water partition coefficient (Wildman–Crippen LogP) is 2.85. The minimum absolute atomic E-state index is 0.160. The number of nitrogens with zero attached hydrogens (tertiary/aromatic N) is 2. The molecule has 0 atom stereocenters. The first-order valence-corrected chi connectivity index (χ1v) is 8.69. The van der Waals surface area contributed by atoms with Crippen LogP contribution >= 0.6 is 15.9 Å². The van der Waals surface area contributed by atoms with E-state index in [-0.39, 0.29) is 21.7 Å². The van der Waals surface area contributed by atoms with Gasteiger partial charge < -0.3 is 0 Å². The van der Waals surface area contributed by atoms with Crippen molar-refractivity contribution in [2.45, 2.75) is 18.7 Å². The number of nitro benzene ring substituents is 1. The monoisotopic (exact) mass is 414 g/mol. The highest BCUT2D eigenvalue weighted by Gasteiger charge is 2.23. The van der Waals surface area contributed by atoms with Crippen molar-refractivity contribution in [2.75, 3.05) is 0 Å². The van der Waals surface area contributed by atoms with Crippen LogP contribution in [0.4, 0.5) is 5.69 Å². The van der Waals surface area contributed by atoms with E-state index in [1.807, 2.05) is 0 Å². The van der Waals surface area contributed by atoms with E-state index in [0.717, 1.165) is 18.2 Å². The maximum absolute atomic E-state index is 12.1. The number of allylic oxidation sites excluding steroid dienone is 4. The molecular formula is C14H11BrN2O6S. The van der Waals surface area contributed by atoms with Gasteiger partial charge in [0, 0.05) is 17.7 Å². The Labute approximate surface area is 145 Å². The molecule has 1 aliphatic rings. The molecule has 8 nitrogen and oxygen atoms in total. The predicted molar refractivity (Wildman–Crippen MR) is 89.2 cm³/mol. The highest BCUT2D eigenvalue weighted by atomic mass is 79.9. The summed E-state index contributed by atoms with van der Waals surface area (Å²) in [5, 5.41) is 14.3. The molecule has 0 spiro atoms. The molecule has 0 saturated carbocycles. The number of carbonyl (C=O) groups is 1. The van der Waals surface area contributed by atoms with Gasteiger partial charge in [-0.15, -0.1) is 0 Å². The number of oxime groups is 1. The first kappa shape index (κ1) is 18.0. The Kier molecular flexibility index (Phi) is 4.99. The molecule has 2 rings (SSSR count). The second kappa shape index (κ2) is 6.65. The lowest BCUT2D eigenvalue weighted by Crippen LogP contribution is -2.15. The summed E-state index contributed by atoms with van der Waals surface area (Å²) in [4.78, 5) is 21.4. The van der Waals surface area contributed by atoms with Crippen LogP contribution in [0, 0.1) is 10.1 Å². The third-order valence-electron chi connectivity index (χ3n) is 3.32. The van der Waals surface area contributed by atoms with Crippen LogP contribution in [-0.4, -0.2) is 24.8 Å². The van der Waals surface area contributed by atoms with Crippen LogP contribution in [0.3, 0.4) is 0 Å². The van der Waals surface area contributed by atoms with Crippen molar-refractivity contribution in [2.24, 2.45) is 5.16 Å². The molecule has 0 heterocycles. The number of Topliss-reactive ketones (excluding diaryl/α,β-unsaturated/α-hetero) is 1. The third-order valence-corrected chi connectivity index (χ3v) is 5.01. The summed E-state index contributed by atoms with van der Waals surface area (Å²) >= 11 is 3.07. The van der Waals surface area contributed by atoms with E-state index >= 15 is 0 Å². The molecule has 0 amide bonds. The Bertz CT molecular complexity index is 930. The number of hydrogen-bond acceptors (Lipinski definition) is 7. The quantitative estimate of drug-likeness (QED) is 0.424. The topological polar surface area (TPSA) is 116 Å². The van der Waals surface area contributed by atoms with Crippen molar-refractivity contribution in [1.29, 1.82) is 0 Å². The third kappa shape index (κ3) is 3.60. The fraction of sp³-hybridized carbons (Fsp3) is 0.143. The number of rotatable bonds is 4. The first-order valence-electron chi connectivity index (χ1n) is 6.49. The first-order chi connectivity index (χ1) is 11.1. The van der Waals surface area contributed by atoms with Crippen LogP contribution in [0.5, 0.6) is 0 Å². The Morgan fingerprint density at radius 1 is 1.25 bits per heavy atom. The maximum Gasteiger partial charge on any atom is 0.358 e. The van der Waals surface area contributed by atoms with Crippen molar-refractivity contribution >= 4 is 43.2 Å². The summed E-state index contributed by atoms with van der Waals surface area (Å²) in [7, 11) is -4.33. The van der Waals surface area contributed by atoms with Gasteiger partial charge in [0.1, 0.15) is 10.6 Å². The molecule has 0 fully saturated rings. The highest BCUT2D eigenvalue weighted by Crippen LogP contribution is 2.24. The van der Waals surface area contributed by atoms with E-state index in [0.29, 0.717) is 11.1 Å². The molecule has 0 aliphatic heterocycles. The number of non-ortho nitro benzene ring substituents is 1. The van der Waals surface area contributed by atoms with Crippen LogP contribution in [0.25, 0.3) is 0 Å². The maximum atomic E-state index is 12.1. The van der Waals surface area contributed by atoms with Gasteiger partial charge in [0.2, 0.25) is 0 Å². The van der Waals surface area contributed by atoms with Crippen molar-refractivity contribution in [3.05, 3.63) is 56.1 Å². The zero-order valence-electron chi connectivity index (χ0n) is 12.5. The molecule has 24 heavy (non-hydrogen) atoms. The molecule has 0 aromatic heterocycles. The van der Waals surface area contributed by atoms with E-state index in [2.05, 4.69) is 25.4 Å². The minimum Gasteiger partial charge on any atom is -0.288 e. The lowest BCUT2D eigenvalue weighted by molar-refractivity contribution is -0.385. The largest absolute Gasteiger partial charge is 0.358 e. The zero-order valence-corrected chi connectivity index (χ0v) is 14.9. The lowest BCUT2D eigenvalue weighted by Gasteiger charge is -2.12. The molecule has 1 aliphatic carbocycles. The van der Waals surface area contributed by atoms with Crippen molar-refractivity contribution in [3.8, 4) is 0 Å². The van der Waals surface area contributed by atoms with E-state index in [1.54, 1.807) is 13.8 Å². The van der Waals surface area contributed by atoms with Crippen LogP contribution < -0.4 is 0 Å². The van der Waals surface area contributed by atoms with E-state index in [4.69, 9.17) is 0 Å². The van der Waals surface area contributed by atoms with Gasteiger partial charge >= 0.3 is 10.1 Å². The number of carbonyl (C=O) groups excluding carboxylic acids is 1. The second-order valence-corrected chi connectivity index (χ2v) is 7.21. The van der Waals surface area contributed by atoms with Crippen LogP contribution in [0.1, 0.15) is 13.8 Å². The van der Waals surface area contributed by atoms with E-state index < -0.39 is 19.9 Å². The molecule has 126 valence electrons. The van der Waals surface area contributed by atoms with Crippen molar-refractivity contribution < 1.29 is 22.4 Å². The number of halogens is 1. The van der Waals surface area contributed by atoms with Gasteiger partial charge in [-0.3, -0.25) is 19.2 Å². The van der Waals surface area contributed by atoms with Gasteiger partial charge in [-0.05, 0) is 47.5 Å². The van der Waals surface area contributed by atoms with Crippen molar-refractivity contribution in [3.63, 3.8) is 0 Å². The van der Waals surface area contributed by atoms with Gasteiger partial charge in [0.05, 0.1) is 9.41 Å². The van der Waals surface area contributed by atoms with Crippen LogP contribution in [-0.2, 0) is 19.2 Å². The number of hydrogen-bond donors (Lipinski definition) is 0. The summed E-state index contributed by atoms with van der Waals surface area (Å²) in [5.74, 6) is -0.229. The standard InChI is InChI=1S/C14H11BrN2O6S/c1-8-9(2)14(18)12(15)7-13(8)16-23-24(21,22)11-5-3-4-10(6-11)17(19)20/h3-7H,1-2H3/b16-13+. The Balaban J connectivity index is 2.35. The van der Waals surface area contributed by atoms with Gasteiger partial charge in [-0.25, -0.2) is 0 Å². The van der Waals surface area contributed by atoms with E-state index in [1.165, 1.54) is 12.1 Å². The molecule has 0 saturated heterocycles. The second-order valence-electron chi connectivity index (χ2n) is 4.83. The smallest absolute Gasteiger partial charge is 0.288 e. The molecule has 0 bridgehead atoms. The Hall–Kier alpha value is -2.33. The molecule has 1 aromatic rings. The summed E-state index contributed by atoms with van der Waals surface area (Å²) < 4.78 is 29.1. The molecule has 0 radical (unpaired) electrons. The summed E-state index contributed by atoms with van der Waals surface area (Å²) in [5.41, 5.74) is 0.648. The highest BCUT2D eigenvalue weighted by molar-refractivity contribution is 9.12. The molecule has 0 unspecified atom stereocenters. The number of benzene rings is 1. The molecular weight excluding hydrogens is 404 g/mol. The van der Waals surface area contributed by atoms with Gasteiger partial charge in [-0.1, -0.05) is 11.2 Å². The Morgan fingerprint density at radius 2 is 1.92 bits per heavy atom. The normalized spacial score (nSPS) is 17.0. The number of ketones is 1. The van der Waals surface area contributed by atoms with E-state index in [9.17, 15) is 23.3 Å². The van der Waals surface area contributed by atoms with Gasteiger partial charge in [-0.2, -0.15) is 8.42 Å². The lowest BCUT2D eigenvalue weighted by atomic mass is 9.97. The molecule has 10 heteroatoms. The van der Waals surface area contributed by atoms with Gasteiger partial charge in [0.25, 0.3) is 5.69 Å². The van der Waals surface area contributed by atoms with Crippen molar-refractivity contribution in [1.82, 2.24) is 0 Å². The summed E-state index contributed by atoms with van der Waals surface area (Å²) in [6.07, 6.45) is 1.34. The molecule has 0 N–H and O–H groups in total. The SMILES string of the molecule is CC1=C(C)/C(=N/OS(=O)(=O)c2cccc([N+](=O)[O-])c2)C=C(Br)C1=O. The fourth-order valence-electron chi connectivity index (χ4n) is 1.82. The van der Waals surface area contributed by atoms with Crippen LogP contribution in [0.15, 0.2) is 56.0 Å². The Morgan fingerprint density at radius 3 is 2.54 bits per heavy atom. The average Bonchev–Trinajstić information content (AvgIpc) is 2.55. The zero-order chi connectivity index (χ0) is 18.1. The summed E-state index contributed by atoms with van der Waals surface area (Å²) in [6, 6.07) is 4.42.